The fourth-order valence-corrected chi connectivity index (χ4v) is 1.68. The van der Waals surface area contributed by atoms with Crippen molar-refractivity contribution >= 4 is 17.8 Å². The van der Waals surface area contributed by atoms with Gasteiger partial charge in [0.15, 0.2) is 0 Å². The molecule has 0 heterocycles. The van der Waals surface area contributed by atoms with Crippen LogP contribution in [0.5, 0.6) is 5.75 Å². The number of nitrogens with two attached hydrogens (primary N) is 1. The lowest BCUT2D eigenvalue weighted by Gasteiger charge is -2.15. The maximum atomic E-state index is 12.1. The second-order valence-electron chi connectivity index (χ2n) is 4.71. The van der Waals surface area contributed by atoms with Crippen LogP contribution in [0.25, 0.3) is 0 Å². The first-order chi connectivity index (χ1) is 9.79. The first-order valence-corrected chi connectivity index (χ1v) is 6.32. The van der Waals surface area contributed by atoms with E-state index < -0.39 is 23.8 Å². The lowest BCUT2D eigenvalue weighted by atomic mass is 10.1. The van der Waals surface area contributed by atoms with E-state index in [0.29, 0.717) is 0 Å². The number of benzene rings is 1. The minimum atomic E-state index is -0.826. The second kappa shape index (κ2) is 7.23. The van der Waals surface area contributed by atoms with Crippen molar-refractivity contribution in [2.24, 2.45) is 5.73 Å². The van der Waals surface area contributed by atoms with Crippen LogP contribution in [0.4, 0.5) is 0 Å². The molecule has 0 radical (unpaired) electrons. The predicted molar refractivity (Wildman–Crippen MR) is 77.6 cm³/mol. The van der Waals surface area contributed by atoms with Crippen LogP contribution in [0.2, 0.25) is 0 Å². The third-order valence-corrected chi connectivity index (χ3v) is 2.56. The highest BCUT2D eigenvalue weighted by atomic mass is 16.5. The zero-order valence-corrected chi connectivity index (χ0v) is 12.0. The summed E-state index contributed by atoms with van der Waals surface area (Å²) in [7, 11) is 0. The van der Waals surface area contributed by atoms with Gasteiger partial charge in [0.2, 0.25) is 5.91 Å². The Labute approximate surface area is 123 Å². The number of hydrogen-bond acceptors (Lipinski definition) is 4. The van der Waals surface area contributed by atoms with Gasteiger partial charge in [-0.2, -0.15) is 0 Å². The Kier molecular flexibility index (Phi) is 5.66. The molecule has 0 bridgehead atoms. The minimum absolute atomic E-state index is 0.255. The summed E-state index contributed by atoms with van der Waals surface area (Å²) >= 11 is 0. The quantitative estimate of drug-likeness (QED) is 0.466. The largest absolute Gasteiger partial charge is 0.427 e. The van der Waals surface area contributed by atoms with Crippen LogP contribution in [0.1, 0.15) is 30.6 Å². The van der Waals surface area contributed by atoms with E-state index in [4.69, 9.17) is 10.5 Å². The van der Waals surface area contributed by atoms with Crippen molar-refractivity contribution in [1.29, 1.82) is 0 Å². The molecule has 1 aromatic carbocycles. The smallest absolute Gasteiger partial charge is 0.308 e. The number of nitrogens with one attached hydrogen (secondary N) is 1. The molecule has 1 aromatic rings. The van der Waals surface area contributed by atoms with E-state index in [-0.39, 0.29) is 17.7 Å². The monoisotopic (exact) mass is 290 g/mol. The number of rotatable bonds is 6. The number of carbonyl (C=O) groups is 3. The first-order valence-electron chi connectivity index (χ1n) is 6.32. The average Bonchev–Trinajstić information content (AvgIpc) is 2.36. The number of esters is 1. The second-order valence-corrected chi connectivity index (χ2v) is 4.71. The van der Waals surface area contributed by atoms with Crippen LogP contribution in [0.15, 0.2) is 36.4 Å². The van der Waals surface area contributed by atoms with Crippen molar-refractivity contribution in [2.45, 2.75) is 26.3 Å². The standard InChI is InChI=1S/C15H18N2O4/c1-9(2)7-13(14(16)19)17-15(20)11-5-4-6-12(8-11)21-10(3)18/h4-6,8,13H,1,7H2,2-3H3,(H2,16,19)(H,17,20)/t13-/m0/s1. The molecule has 0 aromatic heterocycles. The molecule has 0 spiro atoms. The lowest BCUT2D eigenvalue weighted by molar-refractivity contribution is -0.131. The zero-order chi connectivity index (χ0) is 16.0. The van der Waals surface area contributed by atoms with Gasteiger partial charge in [0.25, 0.3) is 5.91 Å². The van der Waals surface area contributed by atoms with Crippen molar-refractivity contribution in [1.82, 2.24) is 5.32 Å². The molecule has 0 saturated heterocycles. The molecule has 0 aliphatic carbocycles. The molecule has 1 rings (SSSR count). The van der Waals surface area contributed by atoms with Crippen LogP contribution in [-0.2, 0) is 9.59 Å². The van der Waals surface area contributed by atoms with E-state index in [0.717, 1.165) is 5.57 Å². The highest BCUT2D eigenvalue weighted by Crippen LogP contribution is 2.14. The molecule has 21 heavy (non-hydrogen) atoms. The number of ether oxygens (including phenoxy) is 1. The lowest BCUT2D eigenvalue weighted by Crippen LogP contribution is -2.44. The van der Waals surface area contributed by atoms with Crippen LogP contribution >= 0.6 is 0 Å². The Morgan fingerprint density at radius 1 is 1.33 bits per heavy atom. The van der Waals surface area contributed by atoms with Crippen molar-refractivity contribution < 1.29 is 19.1 Å². The number of amides is 2. The molecule has 0 aliphatic heterocycles. The van der Waals surface area contributed by atoms with E-state index in [1.165, 1.54) is 13.0 Å². The molecular weight excluding hydrogens is 272 g/mol. The van der Waals surface area contributed by atoms with Crippen LogP contribution in [-0.4, -0.2) is 23.8 Å². The van der Waals surface area contributed by atoms with Gasteiger partial charge in [0.05, 0.1) is 0 Å². The molecule has 0 saturated carbocycles. The third-order valence-electron chi connectivity index (χ3n) is 2.56. The SMILES string of the molecule is C=C(C)C[C@H](NC(=O)c1cccc(OC(C)=O)c1)C(N)=O. The molecule has 3 N–H and O–H groups in total. The predicted octanol–water partition coefficient (Wildman–Crippen LogP) is 1.16. The summed E-state index contributed by atoms with van der Waals surface area (Å²) in [4.78, 5) is 34.3. The van der Waals surface area contributed by atoms with Gasteiger partial charge in [-0.15, -0.1) is 6.58 Å². The van der Waals surface area contributed by atoms with Gasteiger partial charge in [-0.25, -0.2) is 0 Å². The Morgan fingerprint density at radius 2 is 2.00 bits per heavy atom. The molecule has 0 unspecified atom stereocenters. The van der Waals surface area contributed by atoms with Gasteiger partial charge in [-0.1, -0.05) is 11.6 Å². The number of primary amides is 1. The molecule has 112 valence electrons. The third kappa shape index (κ3) is 5.48. The molecule has 0 fully saturated rings. The van der Waals surface area contributed by atoms with Gasteiger partial charge in [0.1, 0.15) is 11.8 Å². The molecular formula is C15H18N2O4. The Balaban J connectivity index is 2.84. The highest BCUT2D eigenvalue weighted by Gasteiger charge is 2.19. The molecule has 2 amide bonds. The van der Waals surface area contributed by atoms with Gasteiger partial charge in [0, 0.05) is 12.5 Å². The van der Waals surface area contributed by atoms with Gasteiger partial charge in [-0.05, 0) is 31.5 Å². The van der Waals surface area contributed by atoms with Gasteiger partial charge < -0.3 is 15.8 Å². The molecule has 0 aliphatic rings. The fraction of sp³-hybridized carbons (Fsp3) is 0.267. The topological polar surface area (TPSA) is 98.5 Å². The zero-order valence-electron chi connectivity index (χ0n) is 12.0. The molecule has 6 heteroatoms. The number of hydrogen-bond donors (Lipinski definition) is 2. The van der Waals surface area contributed by atoms with Crippen LogP contribution < -0.4 is 15.8 Å². The fourth-order valence-electron chi connectivity index (χ4n) is 1.68. The summed E-state index contributed by atoms with van der Waals surface area (Å²) in [6, 6.07) is 5.26. The van der Waals surface area contributed by atoms with E-state index >= 15 is 0 Å². The molecule has 1 atom stereocenters. The Morgan fingerprint density at radius 3 is 2.52 bits per heavy atom. The Hall–Kier alpha value is -2.63. The van der Waals surface area contributed by atoms with E-state index in [1.54, 1.807) is 25.1 Å². The Bertz CT molecular complexity index is 581. The van der Waals surface area contributed by atoms with Crippen molar-refractivity contribution in [3.63, 3.8) is 0 Å². The van der Waals surface area contributed by atoms with Gasteiger partial charge >= 0.3 is 5.97 Å². The van der Waals surface area contributed by atoms with Crippen LogP contribution in [0, 0.1) is 0 Å². The first kappa shape index (κ1) is 16.4. The van der Waals surface area contributed by atoms with Crippen molar-refractivity contribution in [2.75, 3.05) is 0 Å². The highest BCUT2D eigenvalue weighted by molar-refractivity contribution is 5.97. The van der Waals surface area contributed by atoms with Crippen LogP contribution in [0.3, 0.4) is 0 Å². The summed E-state index contributed by atoms with van der Waals surface area (Å²) in [6.07, 6.45) is 0.269. The maximum Gasteiger partial charge on any atom is 0.308 e. The van der Waals surface area contributed by atoms with E-state index in [1.807, 2.05) is 0 Å². The summed E-state index contributed by atoms with van der Waals surface area (Å²) in [5, 5.41) is 2.53. The average molecular weight is 290 g/mol. The van der Waals surface area contributed by atoms with Crippen molar-refractivity contribution in [3.8, 4) is 5.75 Å². The molecule has 6 nitrogen and oxygen atoms in total. The number of carbonyl (C=O) groups excluding carboxylic acids is 3. The minimum Gasteiger partial charge on any atom is -0.427 e. The van der Waals surface area contributed by atoms with E-state index in [9.17, 15) is 14.4 Å². The maximum absolute atomic E-state index is 12.1. The normalized spacial score (nSPS) is 11.3. The summed E-state index contributed by atoms with van der Waals surface area (Å²) < 4.78 is 4.90. The van der Waals surface area contributed by atoms with Crippen molar-refractivity contribution in [3.05, 3.63) is 42.0 Å². The van der Waals surface area contributed by atoms with Gasteiger partial charge in [-0.3, -0.25) is 14.4 Å². The van der Waals surface area contributed by atoms with E-state index in [2.05, 4.69) is 11.9 Å². The summed E-state index contributed by atoms with van der Waals surface area (Å²) in [6.45, 7) is 6.69. The summed E-state index contributed by atoms with van der Waals surface area (Å²) in [5.41, 5.74) is 6.24. The summed E-state index contributed by atoms with van der Waals surface area (Å²) in [5.74, 6) is -1.34.